The Bertz CT molecular complexity index is 1590. The smallest absolute Gasteiger partial charge is 0.264 e. The average Bonchev–Trinajstić information content (AvgIpc) is 2.96. The highest BCUT2D eigenvalue weighted by Crippen LogP contribution is 2.39. The van der Waals surface area contributed by atoms with Crippen LogP contribution >= 0.6 is 0 Å². The van der Waals surface area contributed by atoms with E-state index in [1.165, 1.54) is 19.4 Å². The number of piperazine rings is 1. The number of morpholine rings is 1. The molecule has 0 aliphatic carbocycles. The fourth-order valence-electron chi connectivity index (χ4n) is 5.66. The van der Waals surface area contributed by atoms with Crippen molar-refractivity contribution in [2.24, 2.45) is 7.05 Å². The van der Waals surface area contributed by atoms with Crippen molar-refractivity contribution in [1.29, 1.82) is 0 Å². The largest absolute Gasteiger partial charge is 0.372 e. The Kier molecular flexibility index (Phi) is 8.93. The molecule has 44 heavy (non-hydrogen) atoms. The molecule has 0 radical (unpaired) electrons. The predicted molar refractivity (Wildman–Crippen MR) is 159 cm³/mol. The summed E-state index contributed by atoms with van der Waals surface area (Å²) < 4.78 is 66.6. The molecule has 5 rings (SSSR count). The fraction of sp³-hybridized carbons (Fsp3) is 0.467. The topological polar surface area (TPSA) is 95.8 Å². The molecule has 0 bridgehead atoms. The van der Waals surface area contributed by atoms with E-state index >= 15 is 8.78 Å². The second-order valence-electron chi connectivity index (χ2n) is 11.5. The lowest BCUT2D eigenvalue weighted by Crippen LogP contribution is -2.50. The quantitative estimate of drug-likeness (QED) is 0.414. The molecule has 0 saturated carbocycles. The van der Waals surface area contributed by atoms with Crippen LogP contribution in [0.4, 0.5) is 34.9 Å². The first-order chi connectivity index (χ1) is 20.8. The summed E-state index contributed by atoms with van der Waals surface area (Å²) in [5.74, 6) is -2.70. The number of benzene rings is 1. The van der Waals surface area contributed by atoms with E-state index in [1.54, 1.807) is 4.90 Å². The van der Waals surface area contributed by atoms with Crippen molar-refractivity contribution in [3.8, 4) is 11.1 Å². The maximum Gasteiger partial charge on any atom is 0.264 e. The van der Waals surface area contributed by atoms with Gasteiger partial charge in [-0.15, -0.1) is 0 Å². The van der Waals surface area contributed by atoms with Crippen molar-refractivity contribution in [2.75, 3.05) is 54.9 Å². The highest BCUT2D eigenvalue weighted by atomic mass is 19.3. The van der Waals surface area contributed by atoms with Crippen LogP contribution in [0.15, 0.2) is 35.5 Å². The van der Waals surface area contributed by atoms with Gasteiger partial charge < -0.3 is 29.3 Å². The molecule has 2 aliphatic heterocycles. The first kappa shape index (κ1) is 31.4. The lowest BCUT2D eigenvalue weighted by Gasteiger charge is -2.39. The number of aryl methyl sites for hydroxylation is 1. The minimum Gasteiger partial charge on any atom is -0.372 e. The second kappa shape index (κ2) is 12.5. The zero-order valence-electron chi connectivity index (χ0n) is 25.2. The Morgan fingerprint density at radius 2 is 1.66 bits per heavy atom. The number of likely N-dealkylation sites (N-methyl/N-ethyl adjacent to an activating group) is 1. The third-order valence-corrected chi connectivity index (χ3v) is 8.11. The number of amides is 1. The molecule has 2 aliphatic rings. The summed E-state index contributed by atoms with van der Waals surface area (Å²) in [6.07, 6.45) is 0.346. The van der Waals surface area contributed by atoms with Crippen molar-refractivity contribution in [3.63, 3.8) is 0 Å². The molecule has 1 unspecified atom stereocenters. The molecule has 2 aromatic heterocycles. The van der Waals surface area contributed by atoms with Gasteiger partial charge >= 0.3 is 0 Å². The van der Waals surface area contributed by atoms with Gasteiger partial charge in [-0.25, -0.2) is 27.5 Å². The summed E-state index contributed by atoms with van der Waals surface area (Å²) in [4.78, 5) is 39.9. The number of ether oxygens (including phenoxy) is 1. The molecular formula is C30H35F4N7O3. The number of alkyl halides is 2. The molecule has 4 heterocycles. The Labute approximate surface area is 252 Å². The normalized spacial score (nSPS) is 21.2. The Hall–Kier alpha value is -4.04. The number of carbonyl (C=O) groups excluding carboxylic acids is 1. The van der Waals surface area contributed by atoms with Crippen LogP contribution in [-0.2, 0) is 11.8 Å². The lowest BCUT2D eigenvalue weighted by molar-refractivity contribution is -0.00572. The van der Waals surface area contributed by atoms with Crippen LogP contribution in [0.3, 0.4) is 0 Å². The number of nitrogens with one attached hydrogen (secondary N) is 1. The predicted octanol–water partition coefficient (Wildman–Crippen LogP) is 4.06. The van der Waals surface area contributed by atoms with Crippen molar-refractivity contribution in [1.82, 2.24) is 19.4 Å². The fourth-order valence-corrected chi connectivity index (χ4v) is 5.66. The van der Waals surface area contributed by atoms with E-state index in [0.717, 1.165) is 16.8 Å². The summed E-state index contributed by atoms with van der Waals surface area (Å²) in [7, 11) is 3.24. The van der Waals surface area contributed by atoms with Gasteiger partial charge in [-0.3, -0.25) is 9.59 Å². The molecule has 2 saturated heterocycles. The minimum atomic E-state index is -3.13. The van der Waals surface area contributed by atoms with Gasteiger partial charge in [-0.2, -0.15) is 0 Å². The van der Waals surface area contributed by atoms with E-state index in [-0.39, 0.29) is 35.2 Å². The second-order valence-corrected chi connectivity index (χ2v) is 11.5. The number of halogens is 4. The molecule has 14 heteroatoms. The molecule has 2 fully saturated rings. The molecule has 3 aromatic rings. The van der Waals surface area contributed by atoms with Crippen LogP contribution in [0, 0.1) is 11.6 Å². The Morgan fingerprint density at radius 1 is 1.00 bits per heavy atom. The van der Waals surface area contributed by atoms with Crippen LogP contribution in [0.5, 0.6) is 0 Å². The summed E-state index contributed by atoms with van der Waals surface area (Å²) >= 11 is 0. The van der Waals surface area contributed by atoms with Gasteiger partial charge in [0.05, 0.1) is 29.0 Å². The van der Waals surface area contributed by atoms with Gasteiger partial charge in [-0.1, -0.05) is 0 Å². The van der Waals surface area contributed by atoms with Gasteiger partial charge in [0, 0.05) is 87.7 Å². The lowest BCUT2D eigenvalue weighted by atomic mass is 10.0. The SMILES string of the molecule is CC1CN(c2cc(F)c(-c3cnc(N4C[C@H](C)O[C@@H](C)C4)nc3)c(F)c2NC(=O)c2cn(C)c(=O)cc2C(F)F)CCN1C. The summed E-state index contributed by atoms with van der Waals surface area (Å²) in [6.45, 7) is 8.30. The standard InChI is InChI=1S/C30H35F4N7O3/c1-16-12-40(7-6-38(16)4)23-9-22(31)25(19-10-35-30(36-11-19)41-13-17(2)44-18(3)14-41)26(32)27(23)37-29(43)21-15-39(5)24(42)8-20(21)28(33)34/h8-11,15-18,28H,6-7,12-14H2,1-5H3,(H,37,43)/t16?,17-,18-/m0/s1. The number of aromatic nitrogens is 3. The van der Waals surface area contributed by atoms with Gasteiger partial charge in [0.1, 0.15) is 11.5 Å². The van der Waals surface area contributed by atoms with E-state index in [2.05, 4.69) is 20.2 Å². The summed E-state index contributed by atoms with van der Waals surface area (Å²) in [6, 6.07) is 1.82. The van der Waals surface area contributed by atoms with Crippen LogP contribution < -0.4 is 20.7 Å². The first-order valence-corrected chi connectivity index (χ1v) is 14.3. The van der Waals surface area contributed by atoms with Crippen LogP contribution in [-0.4, -0.2) is 83.4 Å². The number of nitrogens with zero attached hydrogens (tertiary/aromatic N) is 6. The number of carbonyl (C=O) groups is 1. The molecule has 1 aromatic carbocycles. The van der Waals surface area contributed by atoms with Crippen molar-refractivity contribution >= 4 is 23.2 Å². The monoisotopic (exact) mass is 617 g/mol. The number of hydrogen-bond acceptors (Lipinski definition) is 8. The molecule has 10 nitrogen and oxygen atoms in total. The molecule has 0 spiro atoms. The number of pyridine rings is 1. The molecule has 1 amide bonds. The molecular weight excluding hydrogens is 582 g/mol. The van der Waals surface area contributed by atoms with E-state index in [4.69, 9.17) is 4.74 Å². The number of anilines is 3. The highest BCUT2D eigenvalue weighted by Gasteiger charge is 2.30. The van der Waals surface area contributed by atoms with E-state index < -0.39 is 46.2 Å². The minimum absolute atomic E-state index is 0.0266. The van der Waals surface area contributed by atoms with Crippen molar-refractivity contribution in [2.45, 2.75) is 45.4 Å². The third-order valence-electron chi connectivity index (χ3n) is 8.11. The first-order valence-electron chi connectivity index (χ1n) is 14.3. The summed E-state index contributed by atoms with van der Waals surface area (Å²) in [5, 5.41) is 2.42. The van der Waals surface area contributed by atoms with Gasteiger partial charge in [0.15, 0.2) is 5.82 Å². The number of hydrogen-bond donors (Lipinski definition) is 1. The third kappa shape index (κ3) is 6.27. The zero-order valence-corrected chi connectivity index (χ0v) is 25.2. The van der Waals surface area contributed by atoms with Gasteiger partial charge in [0.25, 0.3) is 17.9 Å². The maximum absolute atomic E-state index is 16.5. The molecule has 3 atom stereocenters. The van der Waals surface area contributed by atoms with Crippen molar-refractivity contribution < 1.29 is 27.1 Å². The van der Waals surface area contributed by atoms with E-state index in [0.29, 0.717) is 44.7 Å². The van der Waals surface area contributed by atoms with Gasteiger partial charge in [0.2, 0.25) is 5.95 Å². The number of rotatable bonds is 6. The van der Waals surface area contributed by atoms with Crippen LogP contribution in [0.25, 0.3) is 11.1 Å². The van der Waals surface area contributed by atoms with Crippen LogP contribution in [0.2, 0.25) is 0 Å². The molecule has 1 N–H and O–H groups in total. The van der Waals surface area contributed by atoms with E-state index in [9.17, 15) is 18.4 Å². The summed E-state index contributed by atoms with van der Waals surface area (Å²) in [5.41, 5.74) is -2.79. The highest BCUT2D eigenvalue weighted by molar-refractivity contribution is 6.07. The van der Waals surface area contributed by atoms with Crippen molar-refractivity contribution in [3.05, 3.63) is 63.8 Å². The Balaban J connectivity index is 1.57. The maximum atomic E-state index is 16.5. The molecule has 236 valence electrons. The van der Waals surface area contributed by atoms with Crippen LogP contribution in [0.1, 0.15) is 43.1 Å². The van der Waals surface area contributed by atoms with Gasteiger partial charge in [-0.05, 0) is 27.8 Å². The average molecular weight is 618 g/mol. The Morgan fingerprint density at radius 3 is 2.27 bits per heavy atom. The van der Waals surface area contributed by atoms with E-state index in [1.807, 2.05) is 32.7 Å². The zero-order chi connectivity index (χ0) is 31.9.